The minimum atomic E-state index is -0.318. The predicted molar refractivity (Wildman–Crippen MR) is 73.8 cm³/mol. The second kappa shape index (κ2) is 5.86. The summed E-state index contributed by atoms with van der Waals surface area (Å²) >= 11 is 3.10. The number of imidazole rings is 1. The molecule has 0 fully saturated rings. The van der Waals surface area contributed by atoms with Crippen molar-refractivity contribution in [3.8, 4) is 0 Å². The first-order valence-corrected chi connectivity index (χ1v) is 6.40. The number of anilines is 2. The molecule has 3 N–H and O–H groups in total. The summed E-state index contributed by atoms with van der Waals surface area (Å²) in [6.07, 6.45) is 6.34. The summed E-state index contributed by atoms with van der Waals surface area (Å²) in [5.41, 5.74) is 6.95. The SMILES string of the molecule is Nc1cc(Br)c(F)cc1NCCCn1ccnc1. The van der Waals surface area contributed by atoms with Crippen LogP contribution in [0.15, 0.2) is 35.3 Å². The zero-order chi connectivity index (χ0) is 13.0. The lowest BCUT2D eigenvalue weighted by molar-refractivity contribution is 0.621. The number of hydrogen-bond donors (Lipinski definition) is 2. The highest BCUT2D eigenvalue weighted by Crippen LogP contribution is 2.26. The average Bonchev–Trinajstić information content (AvgIpc) is 2.84. The van der Waals surface area contributed by atoms with Gasteiger partial charge >= 0.3 is 0 Å². The van der Waals surface area contributed by atoms with Gasteiger partial charge in [-0.25, -0.2) is 9.37 Å². The normalized spacial score (nSPS) is 10.6. The lowest BCUT2D eigenvalue weighted by atomic mass is 10.2. The second-order valence-corrected chi connectivity index (χ2v) is 4.79. The Morgan fingerprint density at radius 1 is 1.44 bits per heavy atom. The lowest BCUT2D eigenvalue weighted by Gasteiger charge is -2.10. The summed E-state index contributed by atoms with van der Waals surface area (Å²) in [6.45, 7) is 1.59. The zero-order valence-electron chi connectivity index (χ0n) is 9.74. The van der Waals surface area contributed by atoms with E-state index in [4.69, 9.17) is 5.73 Å². The van der Waals surface area contributed by atoms with Crippen LogP contribution in [-0.2, 0) is 6.54 Å². The standard InChI is InChI=1S/C12H14BrFN4/c13-9-6-11(15)12(7-10(9)14)17-2-1-4-18-5-3-16-8-18/h3,5-8,17H,1-2,4,15H2. The van der Waals surface area contributed by atoms with Gasteiger partial charge in [-0.15, -0.1) is 0 Å². The second-order valence-electron chi connectivity index (χ2n) is 3.93. The van der Waals surface area contributed by atoms with Crippen LogP contribution in [0.25, 0.3) is 0 Å². The van der Waals surface area contributed by atoms with Crippen LogP contribution in [0, 0.1) is 5.82 Å². The minimum absolute atomic E-state index is 0.318. The molecule has 0 saturated carbocycles. The molecule has 1 aromatic heterocycles. The number of nitrogens with one attached hydrogen (secondary N) is 1. The highest BCUT2D eigenvalue weighted by Gasteiger charge is 2.05. The molecule has 0 bridgehead atoms. The van der Waals surface area contributed by atoms with Crippen molar-refractivity contribution in [3.05, 3.63) is 41.1 Å². The van der Waals surface area contributed by atoms with Gasteiger partial charge in [-0.1, -0.05) is 0 Å². The van der Waals surface area contributed by atoms with Gasteiger partial charge in [0, 0.05) is 31.5 Å². The van der Waals surface area contributed by atoms with Crippen molar-refractivity contribution in [2.24, 2.45) is 0 Å². The highest BCUT2D eigenvalue weighted by molar-refractivity contribution is 9.10. The van der Waals surface area contributed by atoms with Crippen LogP contribution < -0.4 is 11.1 Å². The summed E-state index contributed by atoms with van der Waals surface area (Å²) in [4.78, 5) is 3.96. The molecule has 0 amide bonds. The molecule has 1 heterocycles. The van der Waals surface area contributed by atoms with Crippen LogP contribution in [0.1, 0.15) is 6.42 Å². The molecule has 0 spiro atoms. The van der Waals surface area contributed by atoms with Crippen LogP contribution in [0.5, 0.6) is 0 Å². The highest BCUT2D eigenvalue weighted by atomic mass is 79.9. The topological polar surface area (TPSA) is 55.9 Å². The van der Waals surface area contributed by atoms with E-state index in [1.807, 2.05) is 10.8 Å². The smallest absolute Gasteiger partial charge is 0.139 e. The van der Waals surface area contributed by atoms with Gasteiger partial charge in [-0.05, 0) is 28.4 Å². The first-order chi connectivity index (χ1) is 8.66. The molecular weight excluding hydrogens is 299 g/mol. The molecule has 0 aliphatic carbocycles. The Balaban J connectivity index is 1.85. The van der Waals surface area contributed by atoms with Gasteiger partial charge in [0.25, 0.3) is 0 Å². The fourth-order valence-electron chi connectivity index (χ4n) is 1.62. The van der Waals surface area contributed by atoms with Gasteiger partial charge in [0.05, 0.1) is 22.2 Å². The van der Waals surface area contributed by atoms with E-state index in [0.717, 1.165) is 19.5 Å². The number of halogens is 2. The Bertz CT molecular complexity index is 513. The summed E-state index contributed by atoms with van der Waals surface area (Å²) in [5.74, 6) is -0.318. The average molecular weight is 313 g/mol. The molecule has 0 aliphatic rings. The van der Waals surface area contributed by atoms with Crippen molar-refractivity contribution in [2.45, 2.75) is 13.0 Å². The fourth-order valence-corrected chi connectivity index (χ4v) is 1.98. The first kappa shape index (κ1) is 12.9. The number of nitrogen functional groups attached to an aromatic ring is 1. The van der Waals surface area contributed by atoms with Crippen molar-refractivity contribution < 1.29 is 4.39 Å². The molecule has 0 unspecified atom stereocenters. The molecule has 0 aliphatic heterocycles. The maximum absolute atomic E-state index is 13.3. The van der Waals surface area contributed by atoms with E-state index >= 15 is 0 Å². The van der Waals surface area contributed by atoms with Gasteiger partial charge in [0.15, 0.2) is 0 Å². The Morgan fingerprint density at radius 2 is 2.28 bits per heavy atom. The van der Waals surface area contributed by atoms with Gasteiger partial charge < -0.3 is 15.6 Å². The quantitative estimate of drug-likeness (QED) is 0.659. The van der Waals surface area contributed by atoms with Gasteiger partial charge in [-0.3, -0.25) is 0 Å². The molecule has 0 radical (unpaired) electrons. The van der Waals surface area contributed by atoms with Crippen molar-refractivity contribution >= 4 is 27.3 Å². The van der Waals surface area contributed by atoms with E-state index in [2.05, 4.69) is 26.2 Å². The minimum Gasteiger partial charge on any atom is -0.397 e. The molecule has 96 valence electrons. The Kier molecular flexibility index (Phi) is 4.19. The molecule has 0 atom stereocenters. The molecule has 6 heteroatoms. The van der Waals surface area contributed by atoms with Crippen LogP contribution >= 0.6 is 15.9 Å². The zero-order valence-corrected chi connectivity index (χ0v) is 11.3. The summed E-state index contributed by atoms with van der Waals surface area (Å²) in [5, 5.41) is 3.12. The molecule has 2 aromatic rings. The van der Waals surface area contributed by atoms with E-state index in [1.54, 1.807) is 18.6 Å². The molecular formula is C12H14BrFN4. The van der Waals surface area contributed by atoms with Crippen LogP contribution in [-0.4, -0.2) is 16.1 Å². The maximum Gasteiger partial charge on any atom is 0.139 e. The number of nitrogens with zero attached hydrogens (tertiary/aromatic N) is 2. The third kappa shape index (κ3) is 3.22. The van der Waals surface area contributed by atoms with Gasteiger partial charge in [-0.2, -0.15) is 0 Å². The Morgan fingerprint density at radius 3 is 3.00 bits per heavy atom. The van der Waals surface area contributed by atoms with Gasteiger partial charge in [0.2, 0.25) is 0 Å². The van der Waals surface area contributed by atoms with E-state index in [0.29, 0.717) is 15.8 Å². The lowest BCUT2D eigenvalue weighted by Crippen LogP contribution is -2.07. The monoisotopic (exact) mass is 312 g/mol. The predicted octanol–water partition coefficient (Wildman–Crippen LogP) is 2.87. The van der Waals surface area contributed by atoms with Crippen LogP contribution in [0.3, 0.4) is 0 Å². The largest absolute Gasteiger partial charge is 0.397 e. The van der Waals surface area contributed by atoms with Crippen molar-refractivity contribution in [3.63, 3.8) is 0 Å². The third-order valence-corrected chi connectivity index (χ3v) is 3.17. The van der Waals surface area contributed by atoms with E-state index in [1.165, 1.54) is 6.07 Å². The van der Waals surface area contributed by atoms with Crippen molar-refractivity contribution in [1.82, 2.24) is 9.55 Å². The number of aromatic nitrogens is 2. The summed E-state index contributed by atoms with van der Waals surface area (Å²) in [6, 6.07) is 2.96. The first-order valence-electron chi connectivity index (χ1n) is 5.61. The van der Waals surface area contributed by atoms with Gasteiger partial charge in [0.1, 0.15) is 5.82 Å². The molecule has 18 heavy (non-hydrogen) atoms. The van der Waals surface area contributed by atoms with E-state index in [9.17, 15) is 4.39 Å². The molecule has 1 aromatic carbocycles. The molecule has 2 rings (SSSR count). The Hall–Kier alpha value is -1.56. The summed E-state index contributed by atoms with van der Waals surface area (Å²) < 4.78 is 15.7. The van der Waals surface area contributed by atoms with Crippen LogP contribution in [0.2, 0.25) is 0 Å². The fraction of sp³-hybridized carbons (Fsp3) is 0.250. The summed E-state index contributed by atoms with van der Waals surface area (Å²) in [7, 11) is 0. The number of hydrogen-bond acceptors (Lipinski definition) is 3. The van der Waals surface area contributed by atoms with E-state index < -0.39 is 0 Å². The van der Waals surface area contributed by atoms with Crippen molar-refractivity contribution in [2.75, 3.05) is 17.6 Å². The third-order valence-electron chi connectivity index (χ3n) is 2.56. The molecule has 0 saturated heterocycles. The van der Waals surface area contributed by atoms with Crippen molar-refractivity contribution in [1.29, 1.82) is 0 Å². The molecule has 4 nitrogen and oxygen atoms in total. The number of nitrogens with two attached hydrogens (primary N) is 1. The maximum atomic E-state index is 13.3. The van der Waals surface area contributed by atoms with Crippen LogP contribution in [0.4, 0.5) is 15.8 Å². The number of rotatable bonds is 5. The number of benzene rings is 1. The van der Waals surface area contributed by atoms with E-state index in [-0.39, 0.29) is 5.82 Å². The Labute approximate surface area is 113 Å². The number of aryl methyl sites for hydroxylation is 1.